The zero-order valence-electron chi connectivity index (χ0n) is 13.9. The van der Waals surface area contributed by atoms with Crippen molar-refractivity contribution in [2.24, 2.45) is 0 Å². The second kappa shape index (κ2) is 8.21. The van der Waals surface area contributed by atoms with Gasteiger partial charge >= 0.3 is 0 Å². The number of carbonyl (C=O) groups is 1. The molecule has 1 aromatic heterocycles. The van der Waals surface area contributed by atoms with Gasteiger partial charge in [0.2, 0.25) is 11.8 Å². The van der Waals surface area contributed by atoms with Crippen molar-refractivity contribution in [3.63, 3.8) is 0 Å². The summed E-state index contributed by atoms with van der Waals surface area (Å²) in [5.74, 6) is 0.882. The minimum atomic E-state index is -0.254. The topological polar surface area (TPSA) is 68.5 Å². The highest BCUT2D eigenvalue weighted by Crippen LogP contribution is 2.27. The van der Waals surface area contributed by atoms with E-state index in [0.717, 1.165) is 5.56 Å². The van der Waals surface area contributed by atoms with Crippen molar-refractivity contribution in [1.82, 2.24) is 15.1 Å². The maximum Gasteiger partial charge on any atom is 0.260 e. The summed E-state index contributed by atoms with van der Waals surface area (Å²) in [4.78, 5) is 13.7. The minimum Gasteiger partial charge on any atom is -0.482 e. The van der Waals surface area contributed by atoms with E-state index in [4.69, 9.17) is 32.4 Å². The van der Waals surface area contributed by atoms with Crippen LogP contribution in [-0.4, -0.2) is 34.7 Å². The lowest BCUT2D eigenvalue weighted by Crippen LogP contribution is -2.31. The van der Waals surface area contributed by atoms with Crippen molar-refractivity contribution in [3.05, 3.63) is 64.5 Å². The molecule has 3 rings (SSSR count). The first-order valence-electron chi connectivity index (χ1n) is 7.72. The molecule has 3 aromatic rings. The Balaban J connectivity index is 1.57. The van der Waals surface area contributed by atoms with Crippen molar-refractivity contribution in [3.8, 4) is 17.2 Å². The van der Waals surface area contributed by atoms with Gasteiger partial charge in [-0.05, 0) is 30.3 Å². The van der Waals surface area contributed by atoms with E-state index >= 15 is 0 Å². The van der Waals surface area contributed by atoms with Gasteiger partial charge in [0.05, 0.1) is 11.6 Å². The third-order valence-electron chi connectivity index (χ3n) is 3.53. The summed E-state index contributed by atoms with van der Waals surface area (Å²) in [6, 6.07) is 14.2. The zero-order chi connectivity index (χ0) is 18.5. The zero-order valence-corrected chi connectivity index (χ0v) is 15.4. The number of benzene rings is 2. The second-order valence-corrected chi connectivity index (χ2v) is 6.32. The molecule has 0 fully saturated rings. The number of amides is 1. The maximum atomic E-state index is 12.2. The predicted octanol–water partition coefficient (Wildman–Crippen LogP) is 4.08. The Morgan fingerprint density at radius 2 is 1.92 bits per heavy atom. The minimum absolute atomic E-state index is 0.169. The summed E-state index contributed by atoms with van der Waals surface area (Å²) in [7, 11) is 1.63. The van der Waals surface area contributed by atoms with Crippen molar-refractivity contribution in [2.75, 3.05) is 13.7 Å². The normalized spacial score (nSPS) is 10.6. The Morgan fingerprint density at radius 1 is 1.15 bits per heavy atom. The number of halogens is 2. The standard InChI is InChI=1S/C18H15Cl2N3O3/c1-23(17(24)11-25-15-8-7-13(19)9-14(15)20)10-16-21-22-18(26-16)12-5-3-2-4-6-12/h2-9H,10-11H2,1H3. The molecule has 8 heteroatoms. The van der Waals surface area contributed by atoms with Crippen molar-refractivity contribution in [2.45, 2.75) is 6.54 Å². The highest BCUT2D eigenvalue weighted by Gasteiger charge is 2.15. The van der Waals surface area contributed by atoms with Gasteiger partial charge in [0.1, 0.15) is 5.75 Å². The van der Waals surface area contributed by atoms with Crippen LogP contribution in [0.2, 0.25) is 10.0 Å². The Hall–Kier alpha value is -2.57. The summed E-state index contributed by atoms with van der Waals surface area (Å²) in [5.41, 5.74) is 0.820. The number of hydrogen-bond donors (Lipinski definition) is 0. The highest BCUT2D eigenvalue weighted by molar-refractivity contribution is 6.35. The molecule has 1 heterocycles. The molecule has 1 amide bonds. The predicted molar refractivity (Wildman–Crippen MR) is 98.2 cm³/mol. The van der Waals surface area contributed by atoms with Crippen LogP contribution in [0.25, 0.3) is 11.5 Å². The molecule has 0 atom stereocenters. The van der Waals surface area contributed by atoms with Crippen LogP contribution in [0.15, 0.2) is 52.9 Å². The molecule has 0 bridgehead atoms. The molecule has 6 nitrogen and oxygen atoms in total. The largest absolute Gasteiger partial charge is 0.482 e. The van der Waals surface area contributed by atoms with Crippen LogP contribution in [0.1, 0.15) is 5.89 Å². The van der Waals surface area contributed by atoms with Crippen LogP contribution >= 0.6 is 23.2 Å². The summed E-state index contributed by atoms with van der Waals surface area (Å²) in [6.45, 7) is 0.00785. The van der Waals surface area contributed by atoms with Gasteiger partial charge in [-0.2, -0.15) is 0 Å². The molecule has 134 valence electrons. The van der Waals surface area contributed by atoms with Gasteiger partial charge in [0.15, 0.2) is 6.61 Å². The number of rotatable bonds is 6. The van der Waals surface area contributed by atoms with E-state index in [1.807, 2.05) is 30.3 Å². The van der Waals surface area contributed by atoms with Crippen molar-refractivity contribution in [1.29, 1.82) is 0 Å². The van der Waals surface area contributed by atoms with Crippen molar-refractivity contribution < 1.29 is 13.9 Å². The molecule has 26 heavy (non-hydrogen) atoms. The lowest BCUT2D eigenvalue weighted by atomic mass is 10.2. The highest BCUT2D eigenvalue weighted by atomic mass is 35.5. The van der Waals surface area contributed by atoms with Gasteiger partial charge in [-0.25, -0.2) is 0 Å². The fraction of sp³-hybridized carbons (Fsp3) is 0.167. The fourth-order valence-corrected chi connectivity index (χ4v) is 2.61. The molecule has 0 aliphatic rings. The summed E-state index contributed by atoms with van der Waals surface area (Å²) in [6.07, 6.45) is 0. The molecule has 0 N–H and O–H groups in total. The Kier molecular flexibility index (Phi) is 5.75. The average molecular weight is 392 g/mol. The quantitative estimate of drug-likeness (QED) is 0.632. The van der Waals surface area contributed by atoms with Crippen LogP contribution in [0.3, 0.4) is 0 Å². The molecule has 2 aromatic carbocycles. The number of nitrogens with zero attached hydrogens (tertiary/aromatic N) is 3. The third-order valence-corrected chi connectivity index (χ3v) is 4.06. The van der Waals surface area contributed by atoms with E-state index in [1.54, 1.807) is 25.2 Å². The lowest BCUT2D eigenvalue weighted by Gasteiger charge is -2.15. The lowest BCUT2D eigenvalue weighted by molar-refractivity contribution is -0.132. The molecule has 0 aliphatic heterocycles. The summed E-state index contributed by atoms with van der Waals surface area (Å²) < 4.78 is 11.0. The molecule has 0 aliphatic carbocycles. The molecule has 0 radical (unpaired) electrons. The fourth-order valence-electron chi connectivity index (χ4n) is 2.15. The van der Waals surface area contributed by atoms with E-state index in [0.29, 0.717) is 27.6 Å². The molecular formula is C18H15Cl2N3O3. The van der Waals surface area contributed by atoms with Crippen LogP contribution in [0.5, 0.6) is 5.75 Å². The van der Waals surface area contributed by atoms with Gasteiger partial charge in [-0.15, -0.1) is 10.2 Å². The maximum absolute atomic E-state index is 12.2. The first-order chi connectivity index (χ1) is 12.5. The van der Waals surface area contributed by atoms with E-state index in [1.165, 1.54) is 4.90 Å². The second-order valence-electron chi connectivity index (χ2n) is 5.48. The Morgan fingerprint density at radius 3 is 2.65 bits per heavy atom. The Labute approximate surface area is 160 Å². The first kappa shape index (κ1) is 18.2. The van der Waals surface area contributed by atoms with Crippen LogP contribution < -0.4 is 4.74 Å². The third kappa shape index (κ3) is 4.53. The molecule has 0 unspecified atom stereocenters. The Bertz CT molecular complexity index is 900. The monoisotopic (exact) mass is 391 g/mol. The van der Waals surface area contributed by atoms with Crippen LogP contribution in [0.4, 0.5) is 0 Å². The van der Waals surface area contributed by atoms with E-state index in [-0.39, 0.29) is 19.1 Å². The van der Waals surface area contributed by atoms with E-state index in [2.05, 4.69) is 10.2 Å². The number of aromatic nitrogens is 2. The summed E-state index contributed by atoms with van der Waals surface area (Å²) in [5, 5.41) is 8.81. The molecular weight excluding hydrogens is 377 g/mol. The van der Waals surface area contributed by atoms with Gasteiger partial charge in [0, 0.05) is 17.6 Å². The summed E-state index contributed by atoms with van der Waals surface area (Å²) >= 11 is 11.8. The number of hydrogen-bond acceptors (Lipinski definition) is 5. The number of ether oxygens (including phenoxy) is 1. The van der Waals surface area contributed by atoms with Gasteiger partial charge in [-0.3, -0.25) is 4.79 Å². The van der Waals surface area contributed by atoms with E-state index < -0.39 is 0 Å². The molecule has 0 spiro atoms. The first-order valence-corrected chi connectivity index (χ1v) is 8.48. The van der Waals surface area contributed by atoms with E-state index in [9.17, 15) is 4.79 Å². The average Bonchev–Trinajstić information content (AvgIpc) is 3.10. The van der Waals surface area contributed by atoms with Crippen LogP contribution in [0, 0.1) is 0 Å². The van der Waals surface area contributed by atoms with Crippen LogP contribution in [-0.2, 0) is 11.3 Å². The molecule has 0 saturated carbocycles. The number of likely N-dealkylation sites (N-methyl/N-ethyl adjacent to an activating group) is 1. The molecule has 0 saturated heterocycles. The van der Waals surface area contributed by atoms with Crippen molar-refractivity contribution >= 4 is 29.1 Å². The number of carbonyl (C=O) groups excluding carboxylic acids is 1. The van der Waals surface area contributed by atoms with Gasteiger partial charge in [-0.1, -0.05) is 41.4 Å². The van der Waals surface area contributed by atoms with Gasteiger partial charge in [0.25, 0.3) is 5.91 Å². The smallest absolute Gasteiger partial charge is 0.260 e. The SMILES string of the molecule is CN(Cc1nnc(-c2ccccc2)o1)C(=O)COc1ccc(Cl)cc1Cl. The van der Waals surface area contributed by atoms with Gasteiger partial charge < -0.3 is 14.1 Å².